The quantitative estimate of drug-likeness (QED) is 0.499. The van der Waals surface area contributed by atoms with Crippen molar-refractivity contribution in [2.24, 2.45) is 0 Å². The molecule has 2 heterocycles. The zero-order valence-corrected chi connectivity index (χ0v) is 12.2. The highest BCUT2D eigenvalue weighted by molar-refractivity contribution is 7.95. The van der Waals surface area contributed by atoms with Crippen molar-refractivity contribution in [2.75, 3.05) is 12.0 Å². The molecule has 0 amide bonds. The second-order valence-corrected chi connectivity index (χ2v) is 6.20. The fraction of sp³-hybridized carbons (Fsp3) is 0.700. The molecule has 1 aliphatic heterocycles. The number of hydrogen-bond donors (Lipinski definition) is 0. The first kappa shape index (κ1) is 13.2. The van der Waals surface area contributed by atoms with E-state index in [-0.39, 0.29) is 30.1 Å². The summed E-state index contributed by atoms with van der Waals surface area (Å²) >= 11 is 0. The molecular weight excluding hydrogens is 325 g/mol. The van der Waals surface area contributed by atoms with Gasteiger partial charge in [0.05, 0.1) is 18.8 Å². The van der Waals surface area contributed by atoms with Crippen LogP contribution in [0.4, 0.5) is 0 Å². The summed E-state index contributed by atoms with van der Waals surface area (Å²) in [5.41, 5.74) is 1.20. The van der Waals surface area contributed by atoms with Gasteiger partial charge in [0.1, 0.15) is 17.1 Å². The Kier molecular flexibility index (Phi) is 4.76. The van der Waals surface area contributed by atoms with Crippen molar-refractivity contribution < 1.29 is 33.2 Å². The maximum absolute atomic E-state index is 5.60. The van der Waals surface area contributed by atoms with Gasteiger partial charge in [0.15, 0.2) is 5.76 Å². The maximum Gasteiger partial charge on any atom is 0.262 e. The number of aryl methyl sites for hydroxylation is 1. The van der Waals surface area contributed by atoms with E-state index in [0.717, 1.165) is 17.9 Å². The van der Waals surface area contributed by atoms with Gasteiger partial charge in [-0.25, -0.2) is 0 Å². The van der Waals surface area contributed by atoms with E-state index in [1.165, 1.54) is 11.3 Å². The molecule has 1 aromatic rings. The molecule has 0 saturated carbocycles. The molecule has 2 rings (SSSR count). The third-order valence-corrected chi connectivity index (χ3v) is 3.93. The number of hydrogen-bond acceptors (Lipinski definition) is 3. The van der Waals surface area contributed by atoms with E-state index < -0.39 is 0 Å². The first-order chi connectivity index (χ1) is 6.66. The van der Waals surface area contributed by atoms with Crippen molar-refractivity contribution in [2.45, 2.75) is 32.1 Å². The van der Waals surface area contributed by atoms with Crippen LogP contribution in [0.15, 0.2) is 4.52 Å². The van der Waals surface area contributed by atoms with Gasteiger partial charge < -0.3 is 33.2 Å². The van der Waals surface area contributed by atoms with Gasteiger partial charge in [0, 0.05) is 0 Å². The van der Waals surface area contributed by atoms with Crippen LogP contribution >= 0.6 is 0 Å². The molecule has 0 N–H and O–H groups in total. The molecule has 1 unspecified atom stereocenters. The molecule has 0 radical (unpaired) electrons. The lowest BCUT2D eigenvalue weighted by Gasteiger charge is -2.11. The zero-order chi connectivity index (χ0) is 10.1. The molecule has 5 heteroatoms. The minimum absolute atomic E-state index is 0. The maximum atomic E-state index is 5.60. The van der Waals surface area contributed by atoms with Crippen molar-refractivity contribution in [3.05, 3.63) is 11.3 Å². The number of aromatic nitrogens is 1. The average Bonchev–Trinajstić information content (AvgIpc) is 2.47. The van der Waals surface area contributed by atoms with Crippen molar-refractivity contribution >= 4 is 10.9 Å². The van der Waals surface area contributed by atoms with Crippen LogP contribution in [0.25, 0.3) is 0 Å². The van der Waals surface area contributed by atoms with Gasteiger partial charge in [-0.05, 0) is 29.9 Å². The summed E-state index contributed by atoms with van der Waals surface area (Å²) < 4.78 is 10.9. The highest BCUT2D eigenvalue weighted by Gasteiger charge is 2.30. The Morgan fingerprint density at radius 2 is 2.20 bits per heavy atom. The molecule has 1 aliphatic rings. The molecule has 15 heavy (non-hydrogen) atoms. The van der Waals surface area contributed by atoms with Crippen LogP contribution in [0.3, 0.4) is 0 Å². The summed E-state index contributed by atoms with van der Waals surface area (Å²) in [6.07, 6.45) is 3.48. The number of rotatable bonds is 2. The normalized spacial score (nSPS) is 19.6. The van der Waals surface area contributed by atoms with Crippen LogP contribution in [0, 0.1) is 0 Å². The fourth-order valence-electron chi connectivity index (χ4n) is 1.57. The van der Waals surface area contributed by atoms with Crippen molar-refractivity contribution in [1.82, 2.24) is 5.16 Å². The van der Waals surface area contributed by atoms with Gasteiger partial charge in [0.2, 0.25) is 0 Å². The first-order valence-corrected chi connectivity index (χ1v) is 6.87. The van der Waals surface area contributed by atoms with Crippen LogP contribution < -0.4 is 28.7 Å². The van der Waals surface area contributed by atoms with Crippen molar-refractivity contribution in [3.8, 4) is 5.88 Å². The Morgan fingerprint density at radius 1 is 1.47 bits per heavy atom. The van der Waals surface area contributed by atoms with Crippen LogP contribution in [0.1, 0.15) is 25.2 Å². The van der Waals surface area contributed by atoms with E-state index in [0.29, 0.717) is 16.8 Å². The molecule has 0 spiro atoms. The summed E-state index contributed by atoms with van der Waals surface area (Å²) in [5, 5.41) is 3.98. The highest BCUT2D eigenvalue weighted by Crippen LogP contribution is 2.29. The number of nitrogens with zero attached hydrogens (tertiary/aromatic N) is 1. The lowest BCUT2D eigenvalue weighted by Crippen LogP contribution is -3.00. The third kappa shape index (κ3) is 3.03. The Labute approximate surface area is 110 Å². The molecule has 0 bridgehead atoms. The van der Waals surface area contributed by atoms with E-state index in [2.05, 4.69) is 11.4 Å². The van der Waals surface area contributed by atoms with Gasteiger partial charge in [-0.2, -0.15) is 0 Å². The highest BCUT2D eigenvalue weighted by atomic mass is 127. The van der Waals surface area contributed by atoms with Crippen molar-refractivity contribution in [1.29, 1.82) is 0 Å². The van der Waals surface area contributed by atoms with Gasteiger partial charge in [-0.15, -0.1) is 0 Å². The molecule has 3 nitrogen and oxygen atoms in total. The molecule has 1 atom stereocenters. The monoisotopic (exact) mass is 341 g/mol. The Bertz CT molecular complexity index is 327. The lowest BCUT2D eigenvalue weighted by atomic mass is 10.2. The van der Waals surface area contributed by atoms with Crippen LogP contribution in [0.5, 0.6) is 5.88 Å². The summed E-state index contributed by atoms with van der Waals surface area (Å²) in [6.45, 7) is 4.02. The van der Waals surface area contributed by atoms with Crippen molar-refractivity contribution in [3.63, 3.8) is 0 Å². The lowest BCUT2D eigenvalue weighted by molar-refractivity contribution is -0.00000464. The second-order valence-electron chi connectivity index (χ2n) is 3.94. The minimum atomic E-state index is 0. The molecule has 0 aromatic carbocycles. The Morgan fingerprint density at radius 3 is 2.87 bits per heavy atom. The van der Waals surface area contributed by atoms with Crippen LogP contribution in [0.2, 0.25) is 0 Å². The largest absolute Gasteiger partial charge is 1.00 e. The Balaban J connectivity index is 0.00000112. The summed E-state index contributed by atoms with van der Waals surface area (Å²) in [6, 6.07) is 0. The van der Waals surface area contributed by atoms with E-state index in [9.17, 15) is 0 Å². The van der Waals surface area contributed by atoms with Crippen LogP contribution in [-0.4, -0.2) is 23.3 Å². The SMILES string of the molecule is CC(C)Oc1noc2c1C[S+](C)CC2.[I-]. The van der Waals surface area contributed by atoms with Gasteiger partial charge in [-0.1, -0.05) is 0 Å². The molecule has 0 saturated heterocycles. The van der Waals surface area contributed by atoms with Crippen LogP contribution in [-0.2, 0) is 23.1 Å². The summed E-state index contributed by atoms with van der Waals surface area (Å²) in [7, 11) is 0.465. The van der Waals surface area contributed by atoms with Gasteiger partial charge >= 0.3 is 0 Å². The van der Waals surface area contributed by atoms with E-state index in [4.69, 9.17) is 9.26 Å². The summed E-state index contributed by atoms with van der Waals surface area (Å²) in [5.74, 6) is 4.05. The number of ether oxygens (including phenoxy) is 1. The number of fused-ring (bicyclic) bond motifs is 1. The van der Waals surface area contributed by atoms with Gasteiger partial charge in [-0.3, -0.25) is 0 Å². The zero-order valence-electron chi connectivity index (χ0n) is 9.25. The van der Waals surface area contributed by atoms with E-state index >= 15 is 0 Å². The second kappa shape index (κ2) is 5.43. The Hall–Kier alpha value is 0.0900. The predicted molar refractivity (Wildman–Crippen MR) is 57.8 cm³/mol. The molecule has 0 fully saturated rings. The standard InChI is InChI=1S/C10H16NO2S.HI/c1-7(2)12-10-8-6-14(3)5-4-9(8)13-11-10;/h7H,4-6H2,1-3H3;1H/q+1;/p-1. The fourth-order valence-corrected chi connectivity index (χ4v) is 3.02. The smallest absolute Gasteiger partial charge is 0.262 e. The summed E-state index contributed by atoms with van der Waals surface area (Å²) in [4.78, 5) is 0. The minimum Gasteiger partial charge on any atom is -1.00 e. The van der Waals surface area contributed by atoms with E-state index in [1.54, 1.807) is 0 Å². The number of halogens is 1. The molecule has 0 aliphatic carbocycles. The predicted octanol–water partition coefficient (Wildman–Crippen LogP) is -1.23. The van der Waals surface area contributed by atoms with Gasteiger partial charge in [0.25, 0.3) is 5.88 Å². The topological polar surface area (TPSA) is 35.3 Å². The average molecular weight is 341 g/mol. The first-order valence-electron chi connectivity index (χ1n) is 4.90. The van der Waals surface area contributed by atoms with E-state index in [1.807, 2.05) is 13.8 Å². The molecule has 86 valence electrons. The molecular formula is C10H16INO2S. The molecule has 1 aromatic heterocycles. The third-order valence-electron chi connectivity index (χ3n) is 2.25.